The highest BCUT2D eigenvalue weighted by atomic mass is 19.1. The van der Waals surface area contributed by atoms with Crippen LogP contribution in [0.3, 0.4) is 0 Å². The number of hydrogen-bond donors (Lipinski definition) is 2. The number of carbonyl (C=O) groups is 1. The van der Waals surface area contributed by atoms with Gasteiger partial charge in [-0.25, -0.2) is 9.18 Å². The van der Waals surface area contributed by atoms with E-state index in [0.717, 1.165) is 6.07 Å². The van der Waals surface area contributed by atoms with E-state index < -0.39 is 17.3 Å². The SMILES string of the molecule is Cc1ncc(CO)c2cc(C(=O)Nc3cccc(F)c3)c(=O)oc12. The Balaban J connectivity index is 2.07. The molecule has 2 N–H and O–H groups in total. The normalized spacial score (nSPS) is 10.8. The zero-order chi connectivity index (χ0) is 17.3. The van der Waals surface area contributed by atoms with Crippen molar-refractivity contribution in [3.05, 3.63) is 69.6 Å². The number of fused-ring (bicyclic) bond motifs is 1. The van der Waals surface area contributed by atoms with Gasteiger partial charge in [0, 0.05) is 22.8 Å². The number of aliphatic hydroxyl groups excluding tert-OH is 1. The molecule has 0 radical (unpaired) electrons. The van der Waals surface area contributed by atoms with Gasteiger partial charge in [-0.05, 0) is 31.2 Å². The van der Waals surface area contributed by atoms with E-state index in [2.05, 4.69) is 10.3 Å². The summed E-state index contributed by atoms with van der Waals surface area (Å²) in [6, 6.07) is 6.65. The molecule has 24 heavy (non-hydrogen) atoms. The van der Waals surface area contributed by atoms with Crippen molar-refractivity contribution in [3.8, 4) is 0 Å². The maximum absolute atomic E-state index is 13.2. The predicted octanol–water partition coefficient (Wildman–Crippen LogP) is 2.38. The largest absolute Gasteiger partial charge is 0.420 e. The first-order valence-corrected chi connectivity index (χ1v) is 7.09. The van der Waals surface area contributed by atoms with Gasteiger partial charge >= 0.3 is 5.63 Å². The van der Waals surface area contributed by atoms with Crippen molar-refractivity contribution in [3.63, 3.8) is 0 Å². The number of rotatable bonds is 3. The molecule has 0 bridgehead atoms. The fourth-order valence-corrected chi connectivity index (χ4v) is 2.33. The first kappa shape index (κ1) is 15.8. The van der Waals surface area contributed by atoms with Crippen LogP contribution in [0.5, 0.6) is 0 Å². The second-order valence-electron chi connectivity index (χ2n) is 5.18. The van der Waals surface area contributed by atoms with Crippen LogP contribution in [0.25, 0.3) is 11.0 Å². The number of pyridine rings is 1. The first-order valence-electron chi connectivity index (χ1n) is 7.09. The molecule has 7 heteroatoms. The number of halogens is 1. The van der Waals surface area contributed by atoms with E-state index in [1.54, 1.807) is 6.92 Å². The number of aliphatic hydroxyl groups is 1. The van der Waals surface area contributed by atoms with Crippen LogP contribution in [0.2, 0.25) is 0 Å². The van der Waals surface area contributed by atoms with Crippen molar-refractivity contribution < 1.29 is 18.7 Å². The molecule has 1 amide bonds. The minimum Gasteiger partial charge on any atom is -0.420 e. The van der Waals surface area contributed by atoms with Crippen LogP contribution < -0.4 is 10.9 Å². The van der Waals surface area contributed by atoms with Crippen molar-refractivity contribution in [1.29, 1.82) is 0 Å². The van der Waals surface area contributed by atoms with Gasteiger partial charge in [0.25, 0.3) is 5.91 Å². The molecule has 6 nitrogen and oxygen atoms in total. The van der Waals surface area contributed by atoms with Gasteiger partial charge in [-0.2, -0.15) is 0 Å². The number of anilines is 1. The fraction of sp³-hybridized carbons (Fsp3) is 0.118. The van der Waals surface area contributed by atoms with Gasteiger partial charge in [0.1, 0.15) is 11.4 Å². The number of aryl methyl sites for hydroxylation is 1. The van der Waals surface area contributed by atoms with Crippen molar-refractivity contribution in [2.75, 3.05) is 5.32 Å². The van der Waals surface area contributed by atoms with Crippen LogP contribution in [0.1, 0.15) is 21.6 Å². The molecule has 0 unspecified atom stereocenters. The number of carbonyl (C=O) groups excluding carboxylic acids is 1. The van der Waals surface area contributed by atoms with E-state index in [0.29, 0.717) is 16.6 Å². The molecule has 0 spiro atoms. The van der Waals surface area contributed by atoms with Crippen molar-refractivity contribution in [2.45, 2.75) is 13.5 Å². The zero-order valence-electron chi connectivity index (χ0n) is 12.7. The van der Waals surface area contributed by atoms with Crippen LogP contribution in [-0.2, 0) is 6.61 Å². The Bertz CT molecular complexity index is 998. The third-order valence-electron chi connectivity index (χ3n) is 3.53. The van der Waals surface area contributed by atoms with E-state index in [-0.39, 0.29) is 23.4 Å². The number of amides is 1. The molecular weight excluding hydrogens is 315 g/mol. The van der Waals surface area contributed by atoms with Gasteiger partial charge in [0.15, 0.2) is 5.58 Å². The lowest BCUT2D eigenvalue weighted by molar-refractivity contribution is 0.102. The lowest BCUT2D eigenvalue weighted by Gasteiger charge is -2.08. The number of nitrogens with one attached hydrogen (secondary N) is 1. The number of hydrogen-bond acceptors (Lipinski definition) is 5. The number of nitrogens with zero attached hydrogens (tertiary/aromatic N) is 1. The average Bonchev–Trinajstić information content (AvgIpc) is 2.55. The summed E-state index contributed by atoms with van der Waals surface area (Å²) in [4.78, 5) is 28.4. The highest BCUT2D eigenvalue weighted by Crippen LogP contribution is 2.21. The molecule has 3 rings (SSSR count). The molecule has 0 saturated carbocycles. The Morgan fingerprint density at radius 2 is 2.17 bits per heavy atom. The summed E-state index contributed by atoms with van der Waals surface area (Å²) in [6.45, 7) is 1.33. The van der Waals surface area contributed by atoms with E-state index >= 15 is 0 Å². The Morgan fingerprint density at radius 1 is 1.38 bits per heavy atom. The smallest absolute Gasteiger partial charge is 0.349 e. The average molecular weight is 328 g/mol. The minimum absolute atomic E-state index is 0.216. The van der Waals surface area contributed by atoms with E-state index in [1.807, 2.05) is 0 Å². The third kappa shape index (κ3) is 2.89. The Hall–Kier alpha value is -3.06. The molecule has 2 aromatic heterocycles. The van der Waals surface area contributed by atoms with Gasteiger partial charge in [-0.1, -0.05) is 6.07 Å². The van der Waals surface area contributed by atoms with Crippen molar-refractivity contribution in [1.82, 2.24) is 4.98 Å². The molecule has 1 aromatic carbocycles. The molecule has 3 aromatic rings. The molecule has 0 aliphatic heterocycles. The number of benzene rings is 1. The highest BCUT2D eigenvalue weighted by Gasteiger charge is 2.17. The fourth-order valence-electron chi connectivity index (χ4n) is 2.33. The first-order chi connectivity index (χ1) is 11.5. The van der Waals surface area contributed by atoms with Crippen LogP contribution in [0.15, 0.2) is 45.7 Å². The quantitative estimate of drug-likeness (QED) is 0.770. The summed E-state index contributed by atoms with van der Waals surface area (Å²) in [5.41, 5.74) is 0.251. The summed E-state index contributed by atoms with van der Waals surface area (Å²) < 4.78 is 18.4. The summed E-state index contributed by atoms with van der Waals surface area (Å²) in [5.74, 6) is -1.24. The standard InChI is InChI=1S/C17H13FN2O4/c1-9-15-13(10(8-21)7-19-9)6-14(17(23)24-15)16(22)20-12-4-2-3-11(18)5-12/h2-7,21H,8H2,1H3,(H,20,22). The lowest BCUT2D eigenvalue weighted by atomic mass is 10.1. The molecule has 2 heterocycles. The maximum Gasteiger partial charge on any atom is 0.349 e. The van der Waals surface area contributed by atoms with Crippen LogP contribution >= 0.6 is 0 Å². The summed E-state index contributed by atoms with van der Waals surface area (Å²) in [7, 11) is 0. The minimum atomic E-state index is -0.837. The molecule has 122 valence electrons. The maximum atomic E-state index is 13.2. The summed E-state index contributed by atoms with van der Waals surface area (Å²) >= 11 is 0. The van der Waals surface area contributed by atoms with Crippen molar-refractivity contribution >= 4 is 22.6 Å². The molecule has 0 aliphatic rings. The monoisotopic (exact) mass is 328 g/mol. The van der Waals surface area contributed by atoms with Gasteiger partial charge < -0.3 is 14.8 Å². The Labute approximate surface area is 135 Å². The second-order valence-corrected chi connectivity index (χ2v) is 5.18. The third-order valence-corrected chi connectivity index (χ3v) is 3.53. The lowest BCUT2D eigenvalue weighted by Crippen LogP contribution is -2.21. The van der Waals surface area contributed by atoms with Crippen LogP contribution in [-0.4, -0.2) is 16.0 Å². The van der Waals surface area contributed by atoms with Crippen LogP contribution in [0.4, 0.5) is 10.1 Å². The molecule has 0 fully saturated rings. The van der Waals surface area contributed by atoms with Gasteiger partial charge in [-0.3, -0.25) is 9.78 Å². The second kappa shape index (κ2) is 6.21. The summed E-state index contributed by atoms with van der Waals surface area (Å²) in [6.07, 6.45) is 1.45. The summed E-state index contributed by atoms with van der Waals surface area (Å²) in [5, 5.41) is 12.3. The molecule has 0 saturated heterocycles. The van der Waals surface area contributed by atoms with E-state index in [1.165, 1.54) is 30.5 Å². The topological polar surface area (TPSA) is 92.4 Å². The Kier molecular flexibility index (Phi) is 4.09. The Morgan fingerprint density at radius 3 is 2.88 bits per heavy atom. The van der Waals surface area contributed by atoms with Gasteiger partial charge in [-0.15, -0.1) is 0 Å². The van der Waals surface area contributed by atoms with E-state index in [4.69, 9.17) is 4.42 Å². The molecular formula is C17H13FN2O4. The predicted molar refractivity (Wildman–Crippen MR) is 85.3 cm³/mol. The highest BCUT2D eigenvalue weighted by molar-refractivity contribution is 6.05. The van der Waals surface area contributed by atoms with Crippen LogP contribution in [0, 0.1) is 12.7 Å². The van der Waals surface area contributed by atoms with Gasteiger partial charge in [0.05, 0.1) is 12.3 Å². The van der Waals surface area contributed by atoms with Gasteiger partial charge in [0.2, 0.25) is 0 Å². The number of aromatic nitrogens is 1. The van der Waals surface area contributed by atoms with Crippen molar-refractivity contribution in [2.24, 2.45) is 0 Å². The zero-order valence-corrected chi connectivity index (χ0v) is 12.7. The molecule has 0 atom stereocenters. The van der Waals surface area contributed by atoms with E-state index in [9.17, 15) is 19.1 Å². The molecule has 0 aliphatic carbocycles.